The maximum atomic E-state index is 10.0. The first-order chi connectivity index (χ1) is 7.99. The maximum absolute atomic E-state index is 10.0. The van der Waals surface area contributed by atoms with Gasteiger partial charge in [0, 0.05) is 11.1 Å². The average molecular weight is 228 g/mol. The zero-order valence-electron chi connectivity index (χ0n) is 10.3. The third-order valence-electron chi connectivity index (χ3n) is 2.88. The summed E-state index contributed by atoms with van der Waals surface area (Å²) in [5.41, 5.74) is 4.41. The standard InChI is InChI=1S/C15H16O2/c1-9-4-5-13(16)12(7-9)15-11(3)6-10(2)8-14(15)17/h4-8,16-17H,1-3H3. The van der Waals surface area contributed by atoms with Crippen LogP contribution in [0.4, 0.5) is 0 Å². The molecule has 0 aliphatic rings. The molecule has 88 valence electrons. The van der Waals surface area contributed by atoms with Crippen LogP contribution in [-0.4, -0.2) is 10.2 Å². The lowest BCUT2D eigenvalue weighted by molar-refractivity contribution is 0.468. The van der Waals surface area contributed by atoms with E-state index in [1.54, 1.807) is 12.1 Å². The van der Waals surface area contributed by atoms with Crippen molar-refractivity contribution in [3.05, 3.63) is 47.0 Å². The van der Waals surface area contributed by atoms with Crippen molar-refractivity contribution < 1.29 is 10.2 Å². The van der Waals surface area contributed by atoms with Crippen LogP contribution in [0.2, 0.25) is 0 Å². The first-order valence-corrected chi connectivity index (χ1v) is 5.59. The minimum atomic E-state index is 0.192. The minimum absolute atomic E-state index is 0.192. The van der Waals surface area contributed by atoms with Gasteiger partial charge in [-0.3, -0.25) is 0 Å². The van der Waals surface area contributed by atoms with E-state index >= 15 is 0 Å². The second-order valence-electron chi connectivity index (χ2n) is 4.50. The number of hydrogen-bond acceptors (Lipinski definition) is 2. The van der Waals surface area contributed by atoms with E-state index in [2.05, 4.69) is 0 Å². The third kappa shape index (κ3) is 2.11. The average Bonchev–Trinajstić information content (AvgIpc) is 2.21. The molecule has 0 aliphatic carbocycles. The van der Waals surface area contributed by atoms with Gasteiger partial charge in [0.1, 0.15) is 11.5 Å². The van der Waals surface area contributed by atoms with Gasteiger partial charge in [0.2, 0.25) is 0 Å². The van der Waals surface area contributed by atoms with Crippen molar-refractivity contribution in [1.29, 1.82) is 0 Å². The summed E-state index contributed by atoms with van der Waals surface area (Å²) in [5, 5.41) is 19.9. The van der Waals surface area contributed by atoms with Gasteiger partial charge in [-0.25, -0.2) is 0 Å². The van der Waals surface area contributed by atoms with Crippen molar-refractivity contribution in [3.8, 4) is 22.6 Å². The number of hydrogen-bond donors (Lipinski definition) is 2. The van der Waals surface area contributed by atoms with Crippen molar-refractivity contribution >= 4 is 0 Å². The van der Waals surface area contributed by atoms with Gasteiger partial charge in [-0.05, 0) is 50.1 Å². The number of aryl methyl sites for hydroxylation is 3. The molecule has 2 rings (SSSR count). The molecule has 2 aromatic rings. The Hall–Kier alpha value is -1.96. The lowest BCUT2D eigenvalue weighted by atomic mass is 9.95. The minimum Gasteiger partial charge on any atom is -0.507 e. The largest absolute Gasteiger partial charge is 0.507 e. The molecule has 17 heavy (non-hydrogen) atoms. The molecule has 0 spiro atoms. The van der Waals surface area contributed by atoms with Gasteiger partial charge in [-0.2, -0.15) is 0 Å². The predicted octanol–water partition coefficient (Wildman–Crippen LogP) is 3.69. The van der Waals surface area contributed by atoms with Crippen LogP contribution in [0.15, 0.2) is 30.3 Å². The summed E-state index contributed by atoms with van der Waals surface area (Å²) >= 11 is 0. The molecule has 0 radical (unpaired) electrons. The van der Waals surface area contributed by atoms with Crippen LogP contribution in [0.5, 0.6) is 11.5 Å². The van der Waals surface area contributed by atoms with E-state index in [0.717, 1.165) is 16.7 Å². The number of benzene rings is 2. The summed E-state index contributed by atoms with van der Waals surface area (Å²) in [6.45, 7) is 5.83. The van der Waals surface area contributed by atoms with Gasteiger partial charge in [-0.15, -0.1) is 0 Å². The highest BCUT2D eigenvalue weighted by atomic mass is 16.3. The molecule has 2 heteroatoms. The zero-order chi connectivity index (χ0) is 12.6. The fraction of sp³-hybridized carbons (Fsp3) is 0.200. The highest BCUT2D eigenvalue weighted by Gasteiger charge is 2.12. The molecular weight excluding hydrogens is 212 g/mol. The Bertz CT molecular complexity index is 548. The van der Waals surface area contributed by atoms with E-state index in [1.165, 1.54) is 0 Å². The van der Waals surface area contributed by atoms with Crippen molar-refractivity contribution in [2.75, 3.05) is 0 Å². The molecule has 2 nitrogen and oxygen atoms in total. The van der Waals surface area contributed by atoms with Gasteiger partial charge in [0.15, 0.2) is 0 Å². The van der Waals surface area contributed by atoms with E-state index in [-0.39, 0.29) is 11.5 Å². The maximum Gasteiger partial charge on any atom is 0.124 e. The molecule has 0 unspecified atom stereocenters. The van der Waals surface area contributed by atoms with Crippen LogP contribution in [0.1, 0.15) is 16.7 Å². The van der Waals surface area contributed by atoms with Crippen LogP contribution in [0.3, 0.4) is 0 Å². The summed E-state index contributed by atoms with van der Waals surface area (Å²) < 4.78 is 0. The lowest BCUT2D eigenvalue weighted by Gasteiger charge is -2.12. The van der Waals surface area contributed by atoms with E-state index in [0.29, 0.717) is 11.1 Å². The molecule has 0 heterocycles. The van der Waals surface area contributed by atoms with E-state index in [4.69, 9.17) is 0 Å². The topological polar surface area (TPSA) is 40.5 Å². The van der Waals surface area contributed by atoms with Gasteiger partial charge >= 0.3 is 0 Å². The molecule has 0 saturated heterocycles. The van der Waals surface area contributed by atoms with Crippen molar-refractivity contribution in [3.63, 3.8) is 0 Å². The molecule has 0 aliphatic heterocycles. The Kier molecular flexibility index (Phi) is 2.80. The van der Waals surface area contributed by atoms with Gasteiger partial charge in [0.25, 0.3) is 0 Å². The van der Waals surface area contributed by atoms with Gasteiger partial charge in [-0.1, -0.05) is 17.7 Å². The Labute approximate surface area is 101 Å². The molecule has 0 amide bonds. The van der Waals surface area contributed by atoms with Gasteiger partial charge in [0.05, 0.1) is 0 Å². The number of rotatable bonds is 1. The van der Waals surface area contributed by atoms with E-state index in [9.17, 15) is 10.2 Å². The summed E-state index contributed by atoms with van der Waals surface area (Å²) in [6, 6.07) is 9.09. The lowest BCUT2D eigenvalue weighted by Crippen LogP contribution is -1.88. The molecule has 0 aromatic heterocycles. The molecule has 0 fully saturated rings. The highest BCUT2D eigenvalue weighted by Crippen LogP contribution is 2.38. The fourth-order valence-electron chi connectivity index (χ4n) is 2.15. The van der Waals surface area contributed by atoms with Crippen LogP contribution in [-0.2, 0) is 0 Å². The molecule has 0 saturated carbocycles. The van der Waals surface area contributed by atoms with Crippen LogP contribution in [0.25, 0.3) is 11.1 Å². The summed E-state index contributed by atoms with van der Waals surface area (Å²) in [7, 11) is 0. The predicted molar refractivity (Wildman–Crippen MR) is 69.4 cm³/mol. The molecular formula is C15H16O2. The van der Waals surface area contributed by atoms with Crippen LogP contribution >= 0.6 is 0 Å². The Morgan fingerprint density at radius 3 is 2.12 bits per heavy atom. The highest BCUT2D eigenvalue weighted by molar-refractivity contribution is 5.78. The Balaban J connectivity index is 2.72. The Morgan fingerprint density at radius 2 is 1.47 bits per heavy atom. The summed E-state index contributed by atoms with van der Waals surface area (Å²) in [5.74, 6) is 0.404. The monoisotopic (exact) mass is 228 g/mol. The SMILES string of the molecule is Cc1cc(C)c(-c2cc(C)ccc2O)c(O)c1. The summed E-state index contributed by atoms with van der Waals surface area (Å²) in [4.78, 5) is 0. The van der Waals surface area contributed by atoms with Crippen LogP contribution < -0.4 is 0 Å². The quantitative estimate of drug-likeness (QED) is 0.781. The van der Waals surface area contributed by atoms with Crippen molar-refractivity contribution in [2.24, 2.45) is 0 Å². The molecule has 0 bridgehead atoms. The van der Waals surface area contributed by atoms with E-state index < -0.39 is 0 Å². The number of phenols is 2. The second kappa shape index (κ2) is 4.13. The smallest absolute Gasteiger partial charge is 0.124 e. The molecule has 0 atom stereocenters. The third-order valence-corrected chi connectivity index (χ3v) is 2.88. The normalized spacial score (nSPS) is 10.5. The van der Waals surface area contributed by atoms with Crippen molar-refractivity contribution in [1.82, 2.24) is 0 Å². The van der Waals surface area contributed by atoms with Gasteiger partial charge < -0.3 is 10.2 Å². The number of phenolic OH excluding ortho intramolecular Hbond substituents is 2. The zero-order valence-corrected chi connectivity index (χ0v) is 10.3. The Morgan fingerprint density at radius 1 is 0.765 bits per heavy atom. The fourth-order valence-corrected chi connectivity index (χ4v) is 2.15. The first kappa shape index (κ1) is 11.5. The first-order valence-electron chi connectivity index (χ1n) is 5.59. The second-order valence-corrected chi connectivity index (χ2v) is 4.50. The molecule has 2 N–H and O–H groups in total. The van der Waals surface area contributed by atoms with E-state index in [1.807, 2.05) is 39.0 Å². The number of aromatic hydroxyl groups is 2. The van der Waals surface area contributed by atoms with Crippen molar-refractivity contribution in [2.45, 2.75) is 20.8 Å². The molecule has 2 aromatic carbocycles. The summed E-state index contributed by atoms with van der Waals surface area (Å²) in [6.07, 6.45) is 0. The van der Waals surface area contributed by atoms with Crippen LogP contribution in [0, 0.1) is 20.8 Å².